The van der Waals surface area contributed by atoms with Gasteiger partial charge in [0.25, 0.3) is 0 Å². The Morgan fingerprint density at radius 3 is 2.57 bits per heavy atom. The number of nitrogens with two attached hydrogens (primary N) is 1. The molecule has 0 aromatic heterocycles. The lowest BCUT2D eigenvalue weighted by Gasteiger charge is -2.39. The average molecular weight is 199 g/mol. The van der Waals surface area contributed by atoms with Gasteiger partial charge in [-0.3, -0.25) is 4.90 Å². The molecule has 0 aromatic carbocycles. The zero-order valence-electron chi connectivity index (χ0n) is 10.1. The molecule has 3 heteroatoms. The predicted molar refractivity (Wildman–Crippen MR) is 61.4 cm³/mol. The van der Waals surface area contributed by atoms with E-state index in [1.54, 1.807) is 0 Å². The van der Waals surface area contributed by atoms with E-state index in [9.17, 15) is 0 Å². The summed E-state index contributed by atoms with van der Waals surface area (Å²) >= 11 is 0. The molecule has 0 bridgehead atoms. The maximum absolute atomic E-state index is 5.82. The van der Waals surface area contributed by atoms with E-state index in [2.05, 4.69) is 37.7 Å². The minimum absolute atomic E-state index is 0.164. The molecule has 1 unspecified atom stereocenters. The van der Waals surface area contributed by atoms with Gasteiger partial charge in [-0.25, -0.2) is 0 Å². The third-order valence-electron chi connectivity index (χ3n) is 3.23. The molecule has 3 nitrogen and oxygen atoms in total. The fourth-order valence-corrected chi connectivity index (χ4v) is 2.36. The summed E-state index contributed by atoms with van der Waals surface area (Å²) in [6.45, 7) is 7.62. The predicted octanol–water partition coefficient (Wildman–Crippen LogP) is 0.750. The lowest BCUT2D eigenvalue weighted by molar-refractivity contribution is 0.0958. The molecule has 1 rings (SSSR count). The van der Waals surface area contributed by atoms with E-state index < -0.39 is 0 Å². The third kappa shape index (κ3) is 2.69. The highest BCUT2D eigenvalue weighted by Gasteiger charge is 2.34. The topological polar surface area (TPSA) is 32.5 Å². The zero-order valence-corrected chi connectivity index (χ0v) is 10.1. The van der Waals surface area contributed by atoms with Gasteiger partial charge in [0.05, 0.1) is 0 Å². The van der Waals surface area contributed by atoms with Crippen LogP contribution >= 0.6 is 0 Å². The molecule has 84 valence electrons. The van der Waals surface area contributed by atoms with Gasteiger partial charge in [0.2, 0.25) is 0 Å². The molecule has 0 spiro atoms. The van der Waals surface area contributed by atoms with E-state index in [-0.39, 0.29) is 5.54 Å². The van der Waals surface area contributed by atoms with Crippen LogP contribution in [0.25, 0.3) is 0 Å². The van der Waals surface area contributed by atoms with Crippen LogP contribution in [0, 0.1) is 0 Å². The van der Waals surface area contributed by atoms with Crippen molar-refractivity contribution in [2.45, 2.75) is 38.3 Å². The number of likely N-dealkylation sites (tertiary alicyclic amines) is 1. The zero-order chi connectivity index (χ0) is 10.8. The first-order valence-corrected chi connectivity index (χ1v) is 5.59. The first-order valence-electron chi connectivity index (χ1n) is 5.59. The Kier molecular flexibility index (Phi) is 3.93. The van der Waals surface area contributed by atoms with E-state index in [1.807, 2.05) is 0 Å². The average Bonchev–Trinajstić information content (AvgIpc) is 2.52. The highest BCUT2D eigenvalue weighted by molar-refractivity contribution is 4.92. The number of rotatable bonds is 4. The maximum Gasteiger partial charge on any atom is 0.0278 e. The van der Waals surface area contributed by atoms with Gasteiger partial charge in [-0.2, -0.15) is 0 Å². The molecule has 2 N–H and O–H groups in total. The van der Waals surface area contributed by atoms with Crippen LogP contribution in [0.1, 0.15) is 26.7 Å². The molecule has 0 aromatic rings. The maximum atomic E-state index is 5.82. The first-order chi connectivity index (χ1) is 6.47. The van der Waals surface area contributed by atoms with Crippen LogP contribution in [0.4, 0.5) is 0 Å². The normalized spacial score (nSPS) is 24.9. The van der Waals surface area contributed by atoms with E-state index in [1.165, 1.54) is 19.4 Å². The van der Waals surface area contributed by atoms with Crippen LogP contribution in [0.3, 0.4) is 0 Å². The van der Waals surface area contributed by atoms with Crippen molar-refractivity contribution in [2.75, 3.05) is 33.7 Å². The first kappa shape index (κ1) is 12.0. The van der Waals surface area contributed by atoms with Crippen molar-refractivity contribution in [3.63, 3.8) is 0 Å². The molecule has 0 radical (unpaired) electrons. The Hall–Kier alpha value is -0.120. The van der Waals surface area contributed by atoms with E-state index in [0.29, 0.717) is 6.04 Å². The monoisotopic (exact) mass is 199 g/mol. The van der Waals surface area contributed by atoms with Gasteiger partial charge in [-0.15, -0.1) is 0 Å². The molecule has 1 aliphatic rings. The SMILES string of the molecule is CN(C)CC1CCCN1C(C)(C)CN. The second-order valence-corrected chi connectivity index (χ2v) is 5.27. The number of hydrogen-bond donors (Lipinski definition) is 1. The summed E-state index contributed by atoms with van der Waals surface area (Å²) in [7, 11) is 4.29. The molecule has 14 heavy (non-hydrogen) atoms. The third-order valence-corrected chi connectivity index (χ3v) is 3.23. The molecular formula is C11H25N3. The highest BCUT2D eigenvalue weighted by Crippen LogP contribution is 2.26. The molecule has 1 fully saturated rings. The molecule has 0 amide bonds. The summed E-state index contributed by atoms with van der Waals surface area (Å²) in [5, 5.41) is 0. The molecule has 1 saturated heterocycles. The van der Waals surface area contributed by atoms with Crippen molar-refractivity contribution in [3.8, 4) is 0 Å². The summed E-state index contributed by atoms with van der Waals surface area (Å²) in [6.07, 6.45) is 2.64. The van der Waals surface area contributed by atoms with Gasteiger partial charge >= 0.3 is 0 Å². The number of hydrogen-bond acceptors (Lipinski definition) is 3. The fraction of sp³-hybridized carbons (Fsp3) is 1.00. The largest absolute Gasteiger partial charge is 0.329 e. The Bertz CT molecular complexity index is 177. The van der Waals surface area contributed by atoms with Crippen molar-refractivity contribution >= 4 is 0 Å². The second-order valence-electron chi connectivity index (χ2n) is 5.27. The Morgan fingerprint density at radius 1 is 1.43 bits per heavy atom. The van der Waals surface area contributed by atoms with Crippen molar-refractivity contribution in [2.24, 2.45) is 5.73 Å². The van der Waals surface area contributed by atoms with Gasteiger partial charge in [-0.05, 0) is 47.3 Å². The summed E-state index contributed by atoms with van der Waals surface area (Å²) < 4.78 is 0. The Morgan fingerprint density at radius 2 is 2.07 bits per heavy atom. The van der Waals surface area contributed by atoms with Crippen LogP contribution in [0.15, 0.2) is 0 Å². The van der Waals surface area contributed by atoms with E-state index in [0.717, 1.165) is 13.1 Å². The van der Waals surface area contributed by atoms with Crippen LogP contribution in [0.2, 0.25) is 0 Å². The number of nitrogens with zero attached hydrogens (tertiary/aromatic N) is 2. The minimum Gasteiger partial charge on any atom is -0.329 e. The lowest BCUT2D eigenvalue weighted by atomic mass is 10.0. The van der Waals surface area contributed by atoms with Gasteiger partial charge in [-0.1, -0.05) is 0 Å². The van der Waals surface area contributed by atoms with Crippen LogP contribution < -0.4 is 5.73 Å². The lowest BCUT2D eigenvalue weighted by Crippen LogP contribution is -2.53. The van der Waals surface area contributed by atoms with Crippen LogP contribution in [0.5, 0.6) is 0 Å². The van der Waals surface area contributed by atoms with Crippen molar-refractivity contribution in [3.05, 3.63) is 0 Å². The molecule has 0 aliphatic carbocycles. The standard InChI is InChI=1S/C11H25N3/c1-11(2,9-12)14-7-5-6-10(14)8-13(3)4/h10H,5-9,12H2,1-4H3. The van der Waals surface area contributed by atoms with Crippen molar-refractivity contribution in [1.29, 1.82) is 0 Å². The minimum atomic E-state index is 0.164. The van der Waals surface area contributed by atoms with Gasteiger partial charge in [0.15, 0.2) is 0 Å². The van der Waals surface area contributed by atoms with Gasteiger partial charge in [0.1, 0.15) is 0 Å². The van der Waals surface area contributed by atoms with Crippen LogP contribution in [-0.4, -0.2) is 55.1 Å². The summed E-state index contributed by atoms with van der Waals surface area (Å²) in [4.78, 5) is 4.85. The second kappa shape index (κ2) is 4.60. The summed E-state index contributed by atoms with van der Waals surface area (Å²) in [5.41, 5.74) is 5.99. The Labute approximate surface area is 88.2 Å². The highest BCUT2D eigenvalue weighted by atomic mass is 15.3. The molecular weight excluding hydrogens is 174 g/mol. The number of likely N-dealkylation sites (N-methyl/N-ethyl adjacent to an activating group) is 1. The van der Waals surface area contributed by atoms with Crippen LogP contribution in [-0.2, 0) is 0 Å². The summed E-state index contributed by atoms with van der Waals surface area (Å²) in [6, 6.07) is 0.698. The van der Waals surface area contributed by atoms with E-state index in [4.69, 9.17) is 5.73 Å². The smallest absolute Gasteiger partial charge is 0.0278 e. The van der Waals surface area contributed by atoms with E-state index >= 15 is 0 Å². The fourth-order valence-electron chi connectivity index (χ4n) is 2.36. The molecule has 1 atom stereocenters. The Balaban J connectivity index is 2.59. The van der Waals surface area contributed by atoms with Gasteiger partial charge in [0, 0.05) is 24.7 Å². The summed E-state index contributed by atoms with van der Waals surface area (Å²) in [5.74, 6) is 0. The molecule has 0 saturated carbocycles. The van der Waals surface area contributed by atoms with Gasteiger partial charge < -0.3 is 10.6 Å². The molecule has 1 aliphatic heterocycles. The quantitative estimate of drug-likeness (QED) is 0.725. The molecule has 1 heterocycles. The van der Waals surface area contributed by atoms with Crippen molar-refractivity contribution < 1.29 is 0 Å². The van der Waals surface area contributed by atoms with Crippen molar-refractivity contribution in [1.82, 2.24) is 9.80 Å².